The molecule has 1 saturated heterocycles. The number of nitrogens with zero attached hydrogens (tertiary/aromatic N) is 2. The first kappa shape index (κ1) is 13.5. The number of benzene rings is 1. The lowest BCUT2D eigenvalue weighted by Crippen LogP contribution is -2.29. The summed E-state index contributed by atoms with van der Waals surface area (Å²) in [5.41, 5.74) is 7.27. The maximum Gasteiger partial charge on any atom is 0.0683 e. The zero-order valence-corrected chi connectivity index (χ0v) is 12.4. The van der Waals surface area contributed by atoms with Crippen LogP contribution in [-0.2, 0) is 0 Å². The fourth-order valence-electron chi connectivity index (χ4n) is 2.81. The number of hydrogen-bond donors (Lipinski definition) is 1. The molecule has 0 saturated carbocycles. The zero-order chi connectivity index (χ0) is 13.9. The van der Waals surface area contributed by atoms with E-state index in [1.54, 1.807) is 0 Å². The first-order valence-corrected chi connectivity index (χ1v) is 7.67. The quantitative estimate of drug-likeness (QED) is 0.893. The summed E-state index contributed by atoms with van der Waals surface area (Å²) in [6, 6.07) is 6.30. The molecule has 0 atom stereocenters. The Morgan fingerprint density at radius 2 is 1.95 bits per heavy atom. The van der Waals surface area contributed by atoms with Gasteiger partial charge in [0, 0.05) is 18.8 Å². The standard InChI is InChI=1S/C16H20ClN3/c1-12-5-7-15(19-18-12)13-6-8-16(14(17)11-13)20-9-3-2-4-10-20/h6,8,11,18H,1-5,7,9-10H2. The van der Waals surface area contributed by atoms with E-state index in [4.69, 9.17) is 11.6 Å². The van der Waals surface area contributed by atoms with E-state index < -0.39 is 0 Å². The summed E-state index contributed by atoms with van der Waals surface area (Å²) in [5.74, 6) is 0. The van der Waals surface area contributed by atoms with E-state index in [2.05, 4.69) is 34.1 Å². The van der Waals surface area contributed by atoms with Gasteiger partial charge < -0.3 is 4.90 Å². The van der Waals surface area contributed by atoms with Crippen molar-refractivity contribution in [2.45, 2.75) is 32.1 Å². The number of hydrogen-bond acceptors (Lipinski definition) is 3. The number of allylic oxidation sites excluding steroid dienone is 1. The molecule has 0 amide bonds. The van der Waals surface area contributed by atoms with E-state index in [0.717, 1.165) is 53.6 Å². The Bertz CT molecular complexity index is 545. The van der Waals surface area contributed by atoms with E-state index >= 15 is 0 Å². The summed E-state index contributed by atoms with van der Waals surface area (Å²) in [7, 11) is 0. The van der Waals surface area contributed by atoms with Crippen molar-refractivity contribution >= 4 is 23.0 Å². The molecule has 1 aromatic rings. The van der Waals surface area contributed by atoms with Crippen LogP contribution in [0.2, 0.25) is 5.02 Å². The third-order valence-corrected chi connectivity index (χ3v) is 4.29. The van der Waals surface area contributed by atoms with E-state index in [0.29, 0.717) is 0 Å². The third-order valence-electron chi connectivity index (χ3n) is 3.99. The van der Waals surface area contributed by atoms with Crippen LogP contribution in [0, 0.1) is 0 Å². The van der Waals surface area contributed by atoms with Crippen LogP contribution in [0.5, 0.6) is 0 Å². The van der Waals surface area contributed by atoms with Gasteiger partial charge in [-0.3, -0.25) is 5.43 Å². The molecule has 0 unspecified atom stereocenters. The van der Waals surface area contributed by atoms with Gasteiger partial charge in [-0.2, -0.15) is 5.10 Å². The van der Waals surface area contributed by atoms with Crippen LogP contribution in [0.25, 0.3) is 0 Å². The predicted octanol–water partition coefficient (Wildman–Crippen LogP) is 3.93. The molecule has 3 nitrogen and oxygen atoms in total. The summed E-state index contributed by atoms with van der Waals surface area (Å²) in [6.45, 7) is 6.11. The predicted molar refractivity (Wildman–Crippen MR) is 85.6 cm³/mol. The molecular formula is C16H20ClN3. The Kier molecular flexibility index (Phi) is 3.97. The number of rotatable bonds is 2. The van der Waals surface area contributed by atoms with Gasteiger partial charge in [0.05, 0.1) is 16.4 Å². The molecule has 0 radical (unpaired) electrons. The lowest BCUT2D eigenvalue weighted by atomic mass is 10.0. The van der Waals surface area contributed by atoms with Crippen molar-refractivity contribution < 1.29 is 0 Å². The molecule has 2 heterocycles. The van der Waals surface area contributed by atoms with Gasteiger partial charge in [-0.1, -0.05) is 24.2 Å². The third kappa shape index (κ3) is 2.83. The topological polar surface area (TPSA) is 27.6 Å². The molecule has 0 aromatic heterocycles. The normalized spacial score (nSPS) is 19.6. The van der Waals surface area contributed by atoms with E-state index in [1.165, 1.54) is 19.3 Å². The Morgan fingerprint density at radius 1 is 1.15 bits per heavy atom. The van der Waals surface area contributed by atoms with Crippen molar-refractivity contribution in [3.05, 3.63) is 41.1 Å². The largest absolute Gasteiger partial charge is 0.370 e. The fraction of sp³-hybridized carbons (Fsp3) is 0.438. The average Bonchev–Trinajstić information content (AvgIpc) is 2.49. The summed E-state index contributed by atoms with van der Waals surface area (Å²) in [4.78, 5) is 2.39. The molecule has 2 aliphatic rings. The molecule has 1 fully saturated rings. The van der Waals surface area contributed by atoms with Crippen molar-refractivity contribution in [3.63, 3.8) is 0 Å². The molecule has 3 rings (SSSR count). The highest BCUT2D eigenvalue weighted by atomic mass is 35.5. The summed E-state index contributed by atoms with van der Waals surface area (Å²) in [5, 5.41) is 5.19. The van der Waals surface area contributed by atoms with Gasteiger partial charge in [0.15, 0.2) is 0 Å². The molecule has 0 spiro atoms. The number of halogens is 1. The highest BCUT2D eigenvalue weighted by Crippen LogP contribution is 2.30. The van der Waals surface area contributed by atoms with Crippen molar-refractivity contribution in [2.24, 2.45) is 5.10 Å². The second-order valence-corrected chi connectivity index (χ2v) is 5.89. The number of piperidine rings is 1. The average molecular weight is 290 g/mol. The lowest BCUT2D eigenvalue weighted by molar-refractivity contribution is 0.578. The second kappa shape index (κ2) is 5.88. The molecule has 1 aromatic carbocycles. The van der Waals surface area contributed by atoms with Crippen molar-refractivity contribution in [3.8, 4) is 0 Å². The lowest BCUT2D eigenvalue weighted by Gasteiger charge is -2.29. The van der Waals surface area contributed by atoms with Gasteiger partial charge >= 0.3 is 0 Å². The maximum absolute atomic E-state index is 6.48. The van der Waals surface area contributed by atoms with Gasteiger partial charge in [-0.25, -0.2) is 0 Å². The minimum Gasteiger partial charge on any atom is -0.370 e. The number of nitrogens with one attached hydrogen (secondary N) is 1. The summed E-state index contributed by atoms with van der Waals surface area (Å²) < 4.78 is 0. The van der Waals surface area contributed by atoms with Crippen LogP contribution in [-0.4, -0.2) is 18.8 Å². The summed E-state index contributed by atoms with van der Waals surface area (Å²) >= 11 is 6.48. The molecular weight excluding hydrogens is 270 g/mol. The van der Waals surface area contributed by atoms with Crippen LogP contribution in [0.4, 0.5) is 5.69 Å². The molecule has 2 aliphatic heterocycles. The Labute approximate surface area is 125 Å². The maximum atomic E-state index is 6.48. The molecule has 4 heteroatoms. The van der Waals surface area contributed by atoms with Crippen LogP contribution in [0.1, 0.15) is 37.7 Å². The highest BCUT2D eigenvalue weighted by Gasteiger charge is 2.16. The van der Waals surface area contributed by atoms with E-state index in [9.17, 15) is 0 Å². The van der Waals surface area contributed by atoms with E-state index in [1.807, 2.05) is 6.07 Å². The zero-order valence-electron chi connectivity index (χ0n) is 11.7. The van der Waals surface area contributed by atoms with Crippen LogP contribution in [0.15, 0.2) is 35.6 Å². The van der Waals surface area contributed by atoms with Crippen molar-refractivity contribution in [1.82, 2.24) is 5.43 Å². The Balaban J connectivity index is 1.82. The second-order valence-electron chi connectivity index (χ2n) is 5.49. The summed E-state index contributed by atoms with van der Waals surface area (Å²) in [6.07, 6.45) is 5.71. The van der Waals surface area contributed by atoms with Crippen molar-refractivity contribution in [2.75, 3.05) is 18.0 Å². The first-order chi connectivity index (χ1) is 9.74. The van der Waals surface area contributed by atoms with Gasteiger partial charge in [0.25, 0.3) is 0 Å². The molecule has 20 heavy (non-hydrogen) atoms. The van der Waals surface area contributed by atoms with Gasteiger partial charge in [-0.15, -0.1) is 0 Å². The van der Waals surface area contributed by atoms with Crippen molar-refractivity contribution in [1.29, 1.82) is 0 Å². The molecule has 106 valence electrons. The van der Waals surface area contributed by atoms with E-state index in [-0.39, 0.29) is 0 Å². The monoisotopic (exact) mass is 289 g/mol. The van der Waals surface area contributed by atoms with Gasteiger partial charge in [0.1, 0.15) is 0 Å². The smallest absolute Gasteiger partial charge is 0.0683 e. The fourth-order valence-corrected chi connectivity index (χ4v) is 3.11. The number of hydrazone groups is 1. The Morgan fingerprint density at radius 3 is 2.60 bits per heavy atom. The van der Waals surface area contributed by atoms with Gasteiger partial charge in [0.2, 0.25) is 0 Å². The Hall–Kier alpha value is -1.48. The van der Waals surface area contributed by atoms with Crippen LogP contribution < -0.4 is 10.3 Å². The first-order valence-electron chi connectivity index (χ1n) is 7.29. The SMILES string of the molecule is C=C1CCC(c2ccc(N3CCCCC3)c(Cl)c2)=NN1. The number of anilines is 1. The minimum atomic E-state index is 0.830. The molecule has 1 N–H and O–H groups in total. The molecule has 0 bridgehead atoms. The van der Waals surface area contributed by atoms with Crippen LogP contribution in [0.3, 0.4) is 0 Å². The minimum absolute atomic E-state index is 0.830. The van der Waals surface area contributed by atoms with Crippen LogP contribution >= 0.6 is 11.6 Å². The highest BCUT2D eigenvalue weighted by molar-refractivity contribution is 6.33. The van der Waals surface area contributed by atoms with Gasteiger partial charge in [-0.05, 0) is 49.8 Å². The molecule has 0 aliphatic carbocycles.